The smallest absolute Gasteiger partial charge is 0.396 e. The summed E-state index contributed by atoms with van der Waals surface area (Å²) in [4.78, 5) is 11.5. The predicted octanol–water partition coefficient (Wildman–Crippen LogP) is 0.404. The van der Waals surface area contributed by atoms with Crippen molar-refractivity contribution in [1.29, 1.82) is 0 Å². The standard InChI is InChI=1S/C9H13F3N4O2/c1-18-3-2-14-8(17)7-6(13)4-16(15-7)5-9(10,11)12/h4H,2-3,5,13H2,1H3,(H,14,17). The van der Waals surface area contributed by atoms with Crippen molar-refractivity contribution in [2.45, 2.75) is 12.7 Å². The Morgan fingerprint density at radius 1 is 1.61 bits per heavy atom. The first kappa shape index (κ1) is 14.3. The van der Waals surface area contributed by atoms with Gasteiger partial charge in [-0.05, 0) is 0 Å². The molecule has 0 aliphatic heterocycles. The van der Waals surface area contributed by atoms with E-state index in [0.717, 1.165) is 6.20 Å². The van der Waals surface area contributed by atoms with Gasteiger partial charge in [0, 0.05) is 19.9 Å². The number of ether oxygens (including phenoxy) is 1. The molecule has 9 heteroatoms. The molecular weight excluding hydrogens is 253 g/mol. The normalized spacial score (nSPS) is 11.6. The number of aromatic nitrogens is 2. The van der Waals surface area contributed by atoms with Crippen LogP contribution in [0.5, 0.6) is 0 Å². The van der Waals surface area contributed by atoms with Gasteiger partial charge in [-0.3, -0.25) is 9.48 Å². The molecule has 0 spiro atoms. The number of halogens is 3. The lowest BCUT2D eigenvalue weighted by Crippen LogP contribution is -2.28. The van der Waals surface area contributed by atoms with Gasteiger partial charge in [-0.2, -0.15) is 18.3 Å². The average molecular weight is 266 g/mol. The molecule has 0 unspecified atom stereocenters. The highest BCUT2D eigenvalue weighted by atomic mass is 19.4. The van der Waals surface area contributed by atoms with E-state index in [0.29, 0.717) is 4.68 Å². The summed E-state index contributed by atoms with van der Waals surface area (Å²) in [5.74, 6) is -0.634. The number of amides is 1. The number of nitrogens with zero attached hydrogens (tertiary/aromatic N) is 2. The minimum absolute atomic E-state index is 0.103. The van der Waals surface area contributed by atoms with Gasteiger partial charge >= 0.3 is 6.18 Å². The van der Waals surface area contributed by atoms with E-state index < -0.39 is 18.6 Å². The van der Waals surface area contributed by atoms with Crippen molar-refractivity contribution in [2.75, 3.05) is 26.0 Å². The summed E-state index contributed by atoms with van der Waals surface area (Å²) in [6.07, 6.45) is -3.44. The van der Waals surface area contributed by atoms with Gasteiger partial charge in [-0.15, -0.1) is 0 Å². The van der Waals surface area contributed by atoms with Crippen LogP contribution in [0.25, 0.3) is 0 Å². The molecule has 0 saturated carbocycles. The number of nitrogens with one attached hydrogen (secondary N) is 1. The molecule has 1 amide bonds. The molecule has 0 radical (unpaired) electrons. The van der Waals surface area contributed by atoms with Crippen molar-refractivity contribution in [1.82, 2.24) is 15.1 Å². The Hall–Kier alpha value is -1.77. The lowest BCUT2D eigenvalue weighted by atomic mass is 10.3. The van der Waals surface area contributed by atoms with Crippen molar-refractivity contribution in [3.05, 3.63) is 11.9 Å². The molecule has 1 aromatic heterocycles. The highest BCUT2D eigenvalue weighted by molar-refractivity contribution is 5.96. The first-order valence-corrected chi connectivity index (χ1v) is 5.00. The third-order valence-corrected chi connectivity index (χ3v) is 1.94. The Bertz CT molecular complexity index is 416. The third kappa shape index (κ3) is 4.24. The summed E-state index contributed by atoms with van der Waals surface area (Å²) in [6, 6.07) is 0. The van der Waals surface area contributed by atoms with Crippen molar-refractivity contribution >= 4 is 11.6 Å². The first-order chi connectivity index (χ1) is 8.33. The van der Waals surface area contributed by atoms with Crippen LogP contribution in [0.1, 0.15) is 10.5 Å². The second-order valence-corrected chi connectivity index (χ2v) is 3.49. The summed E-state index contributed by atoms with van der Waals surface area (Å²) in [6.45, 7) is -0.779. The zero-order valence-corrected chi connectivity index (χ0v) is 9.62. The largest absolute Gasteiger partial charge is 0.408 e. The molecule has 0 aliphatic rings. The van der Waals surface area contributed by atoms with Gasteiger partial charge in [0.2, 0.25) is 0 Å². The summed E-state index contributed by atoms with van der Waals surface area (Å²) in [5.41, 5.74) is 5.09. The van der Waals surface area contributed by atoms with Crippen molar-refractivity contribution < 1.29 is 22.7 Å². The van der Waals surface area contributed by atoms with Crippen molar-refractivity contribution in [2.24, 2.45) is 0 Å². The molecule has 0 fully saturated rings. The molecule has 0 bridgehead atoms. The van der Waals surface area contributed by atoms with Gasteiger partial charge < -0.3 is 15.8 Å². The van der Waals surface area contributed by atoms with E-state index in [1.54, 1.807) is 0 Å². The van der Waals surface area contributed by atoms with Crippen LogP contribution in [0.15, 0.2) is 6.20 Å². The van der Waals surface area contributed by atoms with E-state index in [2.05, 4.69) is 10.4 Å². The van der Waals surface area contributed by atoms with Crippen LogP contribution in [0, 0.1) is 0 Å². The van der Waals surface area contributed by atoms with E-state index in [9.17, 15) is 18.0 Å². The Morgan fingerprint density at radius 3 is 2.83 bits per heavy atom. The number of carbonyl (C=O) groups excluding carboxylic acids is 1. The number of nitrogens with two attached hydrogens (primary N) is 1. The lowest BCUT2D eigenvalue weighted by molar-refractivity contribution is -0.142. The minimum Gasteiger partial charge on any atom is -0.396 e. The molecule has 1 rings (SSSR count). The molecule has 1 aromatic rings. The fourth-order valence-electron chi connectivity index (χ4n) is 1.23. The van der Waals surface area contributed by atoms with Crippen LogP contribution in [-0.2, 0) is 11.3 Å². The molecule has 0 atom stereocenters. The molecule has 0 saturated heterocycles. The Morgan fingerprint density at radius 2 is 2.28 bits per heavy atom. The van der Waals surface area contributed by atoms with E-state index in [4.69, 9.17) is 10.5 Å². The summed E-state index contributed by atoms with van der Waals surface area (Å²) < 4.78 is 41.6. The number of nitrogen functional groups attached to an aromatic ring is 1. The second kappa shape index (κ2) is 5.71. The highest BCUT2D eigenvalue weighted by Gasteiger charge is 2.29. The molecule has 0 aliphatic carbocycles. The highest BCUT2D eigenvalue weighted by Crippen LogP contribution is 2.18. The molecule has 0 aromatic carbocycles. The van der Waals surface area contributed by atoms with E-state index in [-0.39, 0.29) is 24.5 Å². The van der Waals surface area contributed by atoms with Crippen LogP contribution in [0.3, 0.4) is 0 Å². The molecular formula is C9H13F3N4O2. The zero-order valence-electron chi connectivity index (χ0n) is 9.62. The number of rotatable bonds is 5. The average Bonchev–Trinajstić information content (AvgIpc) is 2.57. The van der Waals surface area contributed by atoms with Crippen LogP contribution in [0.2, 0.25) is 0 Å². The van der Waals surface area contributed by atoms with Gasteiger partial charge in [0.25, 0.3) is 5.91 Å². The first-order valence-electron chi connectivity index (χ1n) is 5.00. The maximum absolute atomic E-state index is 12.1. The fourth-order valence-corrected chi connectivity index (χ4v) is 1.23. The number of anilines is 1. The maximum Gasteiger partial charge on any atom is 0.408 e. The SMILES string of the molecule is COCCNC(=O)c1nn(CC(F)(F)F)cc1N. The van der Waals surface area contributed by atoms with E-state index in [1.807, 2.05) is 0 Å². The number of carbonyl (C=O) groups is 1. The topological polar surface area (TPSA) is 82.2 Å². The third-order valence-electron chi connectivity index (χ3n) is 1.94. The number of alkyl halides is 3. The summed E-state index contributed by atoms with van der Waals surface area (Å²) in [5, 5.41) is 5.91. The molecule has 102 valence electrons. The quantitative estimate of drug-likeness (QED) is 0.756. The fraction of sp³-hybridized carbons (Fsp3) is 0.556. The molecule has 3 N–H and O–H groups in total. The summed E-state index contributed by atoms with van der Waals surface area (Å²) in [7, 11) is 1.46. The van der Waals surface area contributed by atoms with Crippen molar-refractivity contribution in [3.8, 4) is 0 Å². The predicted molar refractivity (Wildman–Crippen MR) is 56.9 cm³/mol. The number of hydrogen-bond acceptors (Lipinski definition) is 4. The molecule has 18 heavy (non-hydrogen) atoms. The Labute approximate surface area is 101 Å². The van der Waals surface area contributed by atoms with E-state index >= 15 is 0 Å². The Kier molecular flexibility index (Phi) is 4.54. The van der Waals surface area contributed by atoms with Gasteiger partial charge in [0.1, 0.15) is 6.54 Å². The van der Waals surface area contributed by atoms with Gasteiger partial charge in [-0.1, -0.05) is 0 Å². The zero-order chi connectivity index (χ0) is 13.8. The number of hydrogen-bond donors (Lipinski definition) is 2. The molecule has 6 nitrogen and oxygen atoms in total. The second-order valence-electron chi connectivity index (χ2n) is 3.49. The lowest BCUT2D eigenvalue weighted by Gasteiger charge is -2.05. The maximum atomic E-state index is 12.1. The van der Waals surface area contributed by atoms with Gasteiger partial charge in [0.15, 0.2) is 5.69 Å². The van der Waals surface area contributed by atoms with Crippen LogP contribution >= 0.6 is 0 Å². The molecule has 1 heterocycles. The Balaban J connectivity index is 2.69. The van der Waals surface area contributed by atoms with Crippen LogP contribution < -0.4 is 11.1 Å². The van der Waals surface area contributed by atoms with Crippen LogP contribution in [0.4, 0.5) is 18.9 Å². The minimum atomic E-state index is -4.41. The monoisotopic (exact) mass is 266 g/mol. The summed E-state index contributed by atoms with van der Waals surface area (Å²) >= 11 is 0. The van der Waals surface area contributed by atoms with Gasteiger partial charge in [-0.25, -0.2) is 0 Å². The van der Waals surface area contributed by atoms with E-state index in [1.165, 1.54) is 7.11 Å². The number of methoxy groups -OCH3 is 1. The van der Waals surface area contributed by atoms with Crippen LogP contribution in [-0.4, -0.2) is 42.1 Å². The van der Waals surface area contributed by atoms with Crippen molar-refractivity contribution in [3.63, 3.8) is 0 Å². The van der Waals surface area contributed by atoms with Gasteiger partial charge in [0.05, 0.1) is 12.3 Å².